The Morgan fingerprint density at radius 2 is 1.70 bits per heavy atom. The molecule has 0 N–H and O–H groups in total. The molecule has 1 saturated heterocycles. The molecule has 1 nitrogen and oxygen atoms in total. The number of nitrogens with zero attached hydrogens (tertiary/aromatic N) is 1. The predicted molar refractivity (Wildman–Crippen MR) is 106 cm³/mol. The lowest BCUT2D eigenvalue weighted by atomic mass is 9.95. The van der Waals surface area contributed by atoms with Crippen LogP contribution in [0.25, 0.3) is 11.1 Å². The van der Waals surface area contributed by atoms with Gasteiger partial charge in [-0.25, -0.2) is 0 Å². The normalized spacial score (nSPS) is 16.7. The van der Waals surface area contributed by atoms with Crippen LogP contribution in [-0.4, -0.2) is 24.5 Å². The van der Waals surface area contributed by atoms with Crippen molar-refractivity contribution in [1.82, 2.24) is 4.90 Å². The lowest BCUT2D eigenvalue weighted by Crippen LogP contribution is -2.21. The molecule has 1 fully saturated rings. The van der Waals surface area contributed by atoms with Gasteiger partial charge in [-0.2, -0.15) is 0 Å². The molecule has 122 valence electrons. The summed E-state index contributed by atoms with van der Waals surface area (Å²) in [5.41, 5.74) is 3.95. The van der Waals surface area contributed by atoms with E-state index in [-0.39, 0.29) is 0 Å². The van der Waals surface area contributed by atoms with Gasteiger partial charge in [-0.1, -0.05) is 69.1 Å². The van der Waals surface area contributed by atoms with Crippen molar-refractivity contribution in [3.05, 3.63) is 57.0 Å². The van der Waals surface area contributed by atoms with Crippen LogP contribution in [0.15, 0.2) is 51.4 Å². The minimum absolute atomic E-state index is 0.623. The molecule has 3 heteroatoms. The molecule has 0 saturated carbocycles. The van der Waals surface area contributed by atoms with Crippen molar-refractivity contribution in [1.29, 1.82) is 0 Å². The van der Waals surface area contributed by atoms with Crippen molar-refractivity contribution >= 4 is 31.9 Å². The Labute approximate surface area is 156 Å². The number of hydrogen-bond donors (Lipinski definition) is 0. The van der Waals surface area contributed by atoms with Gasteiger partial charge in [0, 0.05) is 8.95 Å². The van der Waals surface area contributed by atoms with Gasteiger partial charge in [-0.05, 0) is 73.6 Å². The third kappa shape index (κ3) is 4.46. The highest BCUT2D eigenvalue weighted by Crippen LogP contribution is 2.32. The van der Waals surface area contributed by atoms with E-state index in [2.05, 4.69) is 86.1 Å². The van der Waals surface area contributed by atoms with Gasteiger partial charge in [0.1, 0.15) is 0 Å². The molecule has 0 bridgehead atoms. The molecule has 1 unspecified atom stereocenters. The highest BCUT2D eigenvalue weighted by Gasteiger charge is 2.13. The summed E-state index contributed by atoms with van der Waals surface area (Å²) in [6, 6.07) is 15.4. The Morgan fingerprint density at radius 3 is 2.35 bits per heavy atom. The molecule has 0 radical (unpaired) electrons. The van der Waals surface area contributed by atoms with Crippen LogP contribution >= 0.6 is 31.9 Å². The van der Waals surface area contributed by atoms with Gasteiger partial charge in [-0.15, -0.1) is 0 Å². The van der Waals surface area contributed by atoms with E-state index >= 15 is 0 Å². The molecule has 0 amide bonds. The number of likely N-dealkylation sites (tertiary alicyclic amines) is 1. The van der Waals surface area contributed by atoms with E-state index in [9.17, 15) is 0 Å². The Balaban J connectivity index is 1.66. The topological polar surface area (TPSA) is 3.24 Å². The van der Waals surface area contributed by atoms with E-state index in [1.54, 1.807) is 0 Å². The molecule has 1 aliphatic heterocycles. The zero-order valence-corrected chi connectivity index (χ0v) is 16.7. The van der Waals surface area contributed by atoms with Gasteiger partial charge in [0.2, 0.25) is 0 Å². The van der Waals surface area contributed by atoms with Crippen LogP contribution in [0.4, 0.5) is 0 Å². The Kier molecular flexibility index (Phi) is 5.95. The maximum atomic E-state index is 3.66. The average Bonchev–Trinajstić information content (AvgIpc) is 3.06. The minimum atomic E-state index is 0.623. The van der Waals surface area contributed by atoms with Crippen molar-refractivity contribution in [3.63, 3.8) is 0 Å². The van der Waals surface area contributed by atoms with Gasteiger partial charge in [-0.3, -0.25) is 0 Å². The first-order valence-corrected chi connectivity index (χ1v) is 10.00. The number of benzene rings is 2. The van der Waals surface area contributed by atoms with Gasteiger partial charge in [0.15, 0.2) is 0 Å². The van der Waals surface area contributed by atoms with Crippen molar-refractivity contribution < 1.29 is 0 Å². The second kappa shape index (κ2) is 7.96. The van der Waals surface area contributed by atoms with Crippen LogP contribution in [0.1, 0.15) is 37.7 Å². The van der Waals surface area contributed by atoms with Gasteiger partial charge < -0.3 is 4.90 Å². The summed E-state index contributed by atoms with van der Waals surface area (Å²) < 4.78 is 2.22. The number of halogens is 2. The Bertz CT molecular complexity index is 645. The van der Waals surface area contributed by atoms with Crippen molar-refractivity contribution in [2.24, 2.45) is 0 Å². The van der Waals surface area contributed by atoms with Crippen LogP contribution in [0, 0.1) is 0 Å². The number of rotatable bonds is 5. The molecule has 1 atom stereocenters. The lowest BCUT2D eigenvalue weighted by molar-refractivity contribution is 0.324. The second-order valence-electron chi connectivity index (χ2n) is 6.48. The molecule has 2 aromatic rings. The van der Waals surface area contributed by atoms with E-state index in [1.807, 2.05) is 0 Å². The SMILES string of the molecule is CC(CCN1CCCC1)c1ccc(-c2ccc(Br)cc2Br)cc1. The smallest absolute Gasteiger partial charge is 0.0264 e. The van der Waals surface area contributed by atoms with Gasteiger partial charge >= 0.3 is 0 Å². The number of hydrogen-bond acceptors (Lipinski definition) is 1. The molecular formula is C20H23Br2N. The molecule has 0 aromatic heterocycles. The van der Waals surface area contributed by atoms with Crippen molar-refractivity contribution in [2.75, 3.05) is 19.6 Å². The molecule has 0 spiro atoms. The highest BCUT2D eigenvalue weighted by atomic mass is 79.9. The monoisotopic (exact) mass is 435 g/mol. The fraction of sp³-hybridized carbons (Fsp3) is 0.400. The zero-order valence-electron chi connectivity index (χ0n) is 13.6. The fourth-order valence-corrected chi connectivity index (χ4v) is 4.54. The molecule has 1 heterocycles. The standard InChI is InChI=1S/C20H23Br2N/c1-15(10-13-23-11-2-3-12-23)16-4-6-17(7-5-16)19-9-8-18(21)14-20(19)22/h4-9,14-15H,2-3,10-13H2,1H3. The maximum absolute atomic E-state index is 3.66. The molecule has 3 rings (SSSR count). The molecule has 2 aromatic carbocycles. The maximum Gasteiger partial charge on any atom is 0.0264 e. The fourth-order valence-electron chi connectivity index (χ4n) is 3.26. The summed E-state index contributed by atoms with van der Waals surface area (Å²) in [6.45, 7) is 6.17. The lowest BCUT2D eigenvalue weighted by Gasteiger charge is -2.18. The Morgan fingerprint density at radius 1 is 1.00 bits per heavy atom. The van der Waals surface area contributed by atoms with E-state index in [0.29, 0.717) is 5.92 Å². The first kappa shape index (κ1) is 17.2. The van der Waals surface area contributed by atoms with Crippen LogP contribution in [-0.2, 0) is 0 Å². The average molecular weight is 437 g/mol. The third-order valence-corrected chi connectivity index (χ3v) is 5.95. The molecule has 1 aliphatic rings. The summed E-state index contributed by atoms with van der Waals surface area (Å²) in [4.78, 5) is 2.60. The quantitative estimate of drug-likeness (QED) is 0.519. The van der Waals surface area contributed by atoms with E-state index < -0.39 is 0 Å². The largest absolute Gasteiger partial charge is 0.303 e. The van der Waals surface area contributed by atoms with Crippen molar-refractivity contribution in [2.45, 2.75) is 32.1 Å². The molecule has 23 heavy (non-hydrogen) atoms. The summed E-state index contributed by atoms with van der Waals surface area (Å²) in [7, 11) is 0. The molecule has 0 aliphatic carbocycles. The zero-order chi connectivity index (χ0) is 16.2. The second-order valence-corrected chi connectivity index (χ2v) is 8.25. The van der Waals surface area contributed by atoms with E-state index in [4.69, 9.17) is 0 Å². The summed E-state index contributed by atoms with van der Waals surface area (Å²) in [6.07, 6.45) is 4.01. The predicted octanol–water partition coefficient (Wildman–Crippen LogP) is 6.47. The van der Waals surface area contributed by atoms with Gasteiger partial charge in [0.05, 0.1) is 0 Å². The summed E-state index contributed by atoms with van der Waals surface area (Å²) in [5.74, 6) is 0.623. The van der Waals surface area contributed by atoms with Crippen LogP contribution in [0.5, 0.6) is 0 Å². The van der Waals surface area contributed by atoms with Crippen LogP contribution in [0.3, 0.4) is 0 Å². The highest BCUT2D eigenvalue weighted by molar-refractivity contribution is 9.11. The summed E-state index contributed by atoms with van der Waals surface area (Å²) in [5, 5.41) is 0. The van der Waals surface area contributed by atoms with E-state index in [0.717, 1.165) is 8.95 Å². The Hall–Kier alpha value is -0.640. The summed E-state index contributed by atoms with van der Waals surface area (Å²) >= 11 is 7.17. The molecular weight excluding hydrogens is 414 g/mol. The first-order valence-electron chi connectivity index (χ1n) is 8.41. The third-order valence-electron chi connectivity index (χ3n) is 4.80. The minimum Gasteiger partial charge on any atom is -0.303 e. The van der Waals surface area contributed by atoms with E-state index in [1.165, 1.54) is 55.6 Å². The first-order chi connectivity index (χ1) is 11.1. The van der Waals surface area contributed by atoms with Gasteiger partial charge in [0.25, 0.3) is 0 Å². The van der Waals surface area contributed by atoms with Crippen LogP contribution in [0.2, 0.25) is 0 Å². The van der Waals surface area contributed by atoms with Crippen LogP contribution < -0.4 is 0 Å². The van der Waals surface area contributed by atoms with Crippen molar-refractivity contribution in [3.8, 4) is 11.1 Å².